The average Bonchev–Trinajstić information content (AvgIpc) is 2.43. The lowest BCUT2D eigenvalue weighted by molar-refractivity contribution is 0.763. The van der Waals surface area contributed by atoms with Crippen molar-refractivity contribution >= 4 is 17.1 Å². The minimum absolute atomic E-state index is 0.800. The molecule has 3 heteroatoms. The standard InChI is InChI=1S/C16H21N3/c17-14-6-4-13(5-7-14)3-1-2-12-19-16-10-8-15(18)9-11-16/h4-11,19H,1-3,12,17-18H2. The van der Waals surface area contributed by atoms with Gasteiger partial charge in [-0.1, -0.05) is 12.1 Å². The number of benzene rings is 2. The van der Waals surface area contributed by atoms with Crippen LogP contribution in [0.25, 0.3) is 0 Å². The van der Waals surface area contributed by atoms with Gasteiger partial charge in [-0.15, -0.1) is 0 Å². The summed E-state index contributed by atoms with van der Waals surface area (Å²) in [4.78, 5) is 0. The van der Waals surface area contributed by atoms with Gasteiger partial charge in [-0.3, -0.25) is 0 Å². The Bertz CT molecular complexity index is 441. The molecule has 0 unspecified atom stereocenters. The molecule has 0 saturated heterocycles. The van der Waals surface area contributed by atoms with Crippen molar-refractivity contribution in [2.75, 3.05) is 23.3 Å². The largest absolute Gasteiger partial charge is 0.399 e. The summed E-state index contributed by atoms with van der Waals surface area (Å²) < 4.78 is 0. The Kier molecular flexibility index (Phi) is 4.67. The lowest BCUT2D eigenvalue weighted by atomic mass is 10.1. The van der Waals surface area contributed by atoms with Gasteiger partial charge >= 0.3 is 0 Å². The van der Waals surface area contributed by atoms with E-state index in [4.69, 9.17) is 11.5 Å². The third-order valence-corrected chi connectivity index (χ3v) is 3.11. The van der Waals surface area contributed by atoms with Crippen LogP contribution in [-0.4, -0.2) is 6.54 Å². The molecule has 2 rings (SSSR count). The molecule has 0 atom stereocenters. The Balaban J connectivity index is 1.64. The van der Waals surface area contributed by atoms with Crippen LogP contribution in [0, 0.1) is 0 Å². The summed E-state index contributed by atoms with van der Waals surface area (Å²) in [6, 6.07) is 16.0. The Morgan fingerprint density at radius 3 is 1.95 bits per heavy atom. The zero-order valence-corrected chi connectivity index (χ0v) is 11.1. The highest BCUT2D eigenvalue weighted by Crippen LogP contribution is 2.11. The molecule has 3 nitrogen and oxygen atoms in total. The highest BCUT2D eigenvalue weighted by molar-refractivity contribution is 5.51. The van der Waals surface area contributed by atoms with E-state index in [-0.39, 0.29) is 0 Å². The van der Waals surface area contributed by atoms with Crippen molar-refractivity contribution in [1.29, 1.82) is 0 Å². The lowest BCUT2D eigenvalue weighted by Gasteiger charge is -2.07. The van der Waals surface area contributed by atoms with Gasteiger partial charge in [0.15, 0.2) is 0 Å². The molecule has 100 valence electrons. The Labute approximate surface area is 114 Å². The van der Waals surface area contributed by atoms with Crippen molar-refractivity contribution in [3.8, 4) is 0 Å². The summed E-state index contributed by atoms with van der Waals surface area (Å²) in [5.41, 5.74) is 15.4. The Morgan fingerprint density at radius 1 is 0.737 bits per heavy atom. The number of hydrogen-bond acceptors (Lipinski definition) is 3. The molecule has 2 aromatic carbocycles. The van der Waals surface area contributed by atoms with Crippen molar-refractivity contribution in [3.05, 3.63) is 54.1 Å². The fourth-order valence-electron chi connectivity index (χ4n) is 1.97. The van der Waals surface area contributed by atoms with Crippen molar-refractivity contribution in [3.63, 3.8) is 0 Å². The number of unbranched alkanes of at least 4 members (excludes halogenated alkanes) is 1. The summed E-state index contributed by atoms with van der Waals surface area (Å²) in [5.74, 6) is 0. The zero-order chi connectivity index (χ0) is 13.5. The van der Waals surface area contributed by atoms with Crippen molar-refractivity contribution in [1.82, 2.24) is 0 Å². The van der Waals surface area contributed by atoms with E-state index in [2.05, 4.69) is 17.4 Å². The topological polar surface area (TPSA) is 64.1 Å². The SMILES string of the molecule is Nc1ccc(CCCCNc2ccc(N)cc2)cc1. The smallest absolute Gasteiger partial charge is 0.0341 e. The van der Waals surface area contributed by atoms with Crippen LogP contribution in [0.1, 0.15) is 18.4 Å². The highest BCUT2D eigenvalue weighted by atomic mass is 14.9. The molecule has 0 amide bonds. The first-order valence-electron chi connectivity index (χ1n) is 6.68. The van der Waals surface area contributed by atoms with Gasteiger partial charge in [0.05, 0.1) is 0 Å². The summed E-state index contributed by atoms with van der Waals surface area (Å²) in [7, 11) is 0. The van der Waals surface area contributed by atoms with E-state index in [9.17, 15) is 0 Å². The van der Waals surface area contributed by atoms with E-state index < -0.39 is 0 Å². The highest BCUT2D eigenvalue weighted by Gasteiger charge is 1.95. The molecule has 0 aromatic heterocycles. The van der Waals surface area contributed by atoms with Crippen LogP contribution in [0.2, 0.25) is 0 Å². The quantitative estimate of drug-likeness (QED) is 0.548. The van der Waals surface area contributed by atoms with E-state index in [1.54, 1.807) is 0 Å². The molecule has 0 fully saturated rings. The normalized spacial score (nSPS) is 10.3. The predicted molar refractivity (Wildman–Crippen MR) is 83.1 cm³/mol. The molecule has 0 saturated carbocycles. The summed E-state index contributed by atoms with van der Waals surface area (Å²) >= 11 is 0. The molecule has 0 aliphatic carbocycles. The second kappa shape index (κ2) is 6.69. The molecule has 0 radical (unpaired) electrons. The van der Waals surface area contributed by atoms with E-state index in [1.807, 2.05) is 36.4 Å². The number of anilines is 3. The van der Waals surface area contributed by atoms with Crippen molar-refractivity contribution in [2.24, 2.45) is 0 Å². The number of hydrogen-bond donors (Lipinski definition) is 3. The third kappa shape index (κ3) is 4.54. The van der Waals surface area contributed by atoms with Gasteiger partial charge in [0.25, 0.3) is 0 Å². The second-order valence-electron chi connectivity index (χ2n) is 4.75. The number of nitrogens with one attached hydrogen (secondary N) is 1. The molecule has 0 aliphatic rings. The van der Waals surface area contributed by atoms with Gasteiger partial charge in [0.2, 0.25) is 0 Å². The van der Waals surface area contributed by atoms with Gasteiger partial charge in [0.1, 0.15) is 0 Å². The molecular weight excluding hydrogens is 234 g/mol. The Hall–Kier alpha value is -2.16. The molecule has 2 aromatic rings. The fraction of sp³-hybridized carbons (Fsp3) is 0.250. The molecular formula is C16H21N3. The molecule has 5 N–H and O–H groups in total. The van der Waals surface area contributed by atoms with Crippen LogP contribution in [0.5, 0.6) is 0 Å². The van der Waals surface area contributed by atoms with Crippen LogP contribution in [-0.2, 0) is 6.42 Å². The minimum atomic E-state index is 0.800. The van der Waals surface area contributed by atoms with E-state index >= 15 is 0 Å². The first-order chi connectivity index (χ1) is 9.24. The van der Waals surface area contributed by atoms with Gasteiger partial charge in [-0.2, -0.15) is 0 Å². The van der Waals surface area contributed by atoms with Gasteiger partial charge in [-0.05, 0) is 61.2 Å². The number of nitrogens with two attached hydrogens (primary N) is 2. The van der Waals surface area contributed by atoms with Crippen LogP contribution >= 0.6 is 0 Å². The molecule has 0 heterocycles. The summed E-state index contributed by atoms with van der Waals surface area (Å²) in [5, 5.41) is 3.39. The summed E-state index contributed by atoms with van der Waals surface area (Å²) in [6.45, 7) is 0.985. The molecule has 19 heavy (non-hydrogen) atoms. The van der Waals surface area contributed by atoms with Crippen molar-refractivity contribution in [2.45, 2.75) is 19.3 Å². The fourth-order valence-corrected chi connectivity index (χ4v) is 1.97. The minimum Gasteiger partial charge on any atom is -0.399 e. The summed E-state index contributed by atoms with van der Waals surface area (Å²) in [6.07, 6.45) is 3.42. The van der Waals surface area contributed by atoms with Crippen LogP contribution in [0.3, 0.4) is 0 Å². The number of aryl methyl sites for hydroxylation is 1. The van der Waals surface area contributed by atoms with E-state index in [0.29, 0.717) is 0 Å². The average molecular weight is 255 g/mol. The Morgan fingerprint density at radius 2 is 1.32 bits per heavy atom. The van der Waals surface area contributed by atoms with Gasteiger partial charge < -0.3 is 16.8 Å². The first-order valence-corrected chi connectivity index (χ1v) is 6.68. The van der Waals surface area contributed by atoms with Gasteiger partial charge in [0, 0.05) is 23.6 Å². The second-order valence-corrected chi connectivity index (χ2v) is 4.75. The van der Waals surface area contributed by atoms with E-state index in [1.165, 1.54) is 12.0 Å². The van der Waals surface area contributed by atoms with Gasteiger partial charge in [-0.25, -0.2) is 0 Å². The van der Waals surface area contributed by atoms with Crippen LogP contribution in [0.15, 0.2) is 48.5 Å². The lowest BCUT2D eigenvalue weighted by Crippen LogP contribution is -2.02. The maximum atomic E-state index is 5.66. The number of nitrogen functional groups attached to an aromatic ring is 2. The molecule has 0 bridgehead atoms. The molecule has 0 spiro atoms. The predicted octanol–water partition coefficient (Wildman–Crippen LogP) is 3.29. The maximum Gasteiger partial charge on any atom is 0.0341 e. The maximum absolute atomic E-state index is 5.66. The van der Waals surface area contributed by atoms with Crippen LogP contribution < -0.4 is 16.8 Å². The molecule has 0 aliphatic heterocycles. The first kappa shape index (κ1) is 13.3. The third-order valence-electron chi connectivity index (χ3n) is 3.11. The zero-order valence-electron chi connectivity index (χ0n) is 11.1. The van der Waals surface area contributed by atoms with E-state index in [0.717, 1.165) is 36.4 Å². The van der Waals surface area contributed by atoms with Crippen LogP contribution in [0.4, 0.5) is 17.1 Å². The monoisotopic (exact) mass is 255 g/mol. The van der Waals surface area contributed by atoms with Crippen molar-refractivity contribution < 1.29 is 0 Å². The number of rotatable bonds is 6.